The Morgan fingerprint density at radius 3 is 2.70 bits per heavy atom. The summed E-state index contributed by atoms with van der Waals surface area (Å²) in [6, 6.07) is 0.711. The second kappa shape index (κ2) is 6.33. The maximum absolute atomic E-state index is 5.69. The van der Waals surface area contributed by atoms with Crippen LogP contribution < -0.4 is 5.32 Å². The molecule has 1 saturated carbocycles. The van der Waals surface area contributed by atoms with Crippen LogP contribution in [0.15, 0.2) is 0 Å². The first kappa shape index (κ1) is 14.8. The monoisotopic (exact) mass is 280 g/mol. The first-order valence-electron chi connectivity index (χ1n) is 8.75. The lowest BCUT2D eigenvalue weighted by molar-refractivity contribution is 0.000773. The van der Waals surface area contributed by atoms with E-state index in [0.717, 1.165) is 25.0 Å². The Labute approximate surface area is 124 Å². The van der Waals surface area contributed by atoms with Gasteiger partial charge in [0.1, 0.15) is 0 Å². The third-order valence-corrected chi connectivity index (χ3v) is 5.74. The van der Waals surface area contributed by atoms with Crippen molar-refractivity contribution < 1.29 is 4.74 Å². The molecule has 3 rings (SSSR count). The number of rotatable bonds is 3. The zero-order valence-corrected chi connectivity index (χ0v) is 13.4. The van der Waals surface area contributed by atoms with Gasteiger partial charge < -0.3 is 10.1 Å². The largest absolute Gasteiger partial charge is 0.381 e. The van der Waals surface area contributed by atoms with Crippen LogP contribution in [0.4, 0.5) is 0 Å². The van der Waals surface area contributed by atoms with Crippen LogP contribution >= 0.6 is 0 Å². The van der Waals surface area contributed by atoms with Crippen LogP contribution in [0.5, 0.6) is 0 Å². The fourth-order valence-electron chi connectivity index (χ4n) is 4.54. The van der Waals surface area contributed by atoms with E-state index in [1.165, 1.54) is 58.2 Å². The van der Waals surface area contributed by atoms with Crippen LogP contribution in [-0.2, 0) is 4.74 Å². The van der Waals surface area contributed by atoms with E-state index in [4.69, 9.17) is 4.74 Å². The van der Waals surface area contributed by atoms with Crippen molar-refractivity contribution in [2.75, 3.05) is 32.8 Å². The Balaban J connectivity index is 1.65. The minimum Gasteiger partial charge on any atom is -0.381 e. The lowest BCUT2D eigenvalue weighted by atomic mass is 9.87. The van der Waals surface area contributed by atoms with Crippen LogP contribution in [0.3, 0.4) is 0 Å². The molecule has 3 aliphatic rings. The summed E-state index contributed by atoms with van der Waals surface area (Å²) in [6.07, 6.45) is 8.22. The minimum atomic E-state index is 0.445. The predicted octanol–water partition coefficient (Wildman–Crippen LogP) is 2.66. The number of ether oxygens (including phenoxy) is 1. The van der Waals surface area contributed by atoms with Gasteiger partial charge in [0.25, 0.3) is 0 Å². The quantitative estimate of drug-likeness (QED) is 0.860. The van der Waals surface area contributed by atoms with E-state index in [9.17, 15) is 0 Å². The summed E-state index contributed by atoms with van der Waals surface area (Å²) >= 11 is 0. The summed E-state index contributed by atoms with van der Waals surface area (Å²) in [5, 5.41) is 3.92. The topological polar surface area (TPSA) is 24.5 Å². The molecule has 0 radical (unpaired) electrons. The standard InChI is InChI=1S/C17H32N2O/c1-14(2)16-10-18-17(7-3-4-8-17)13-19(16)11-15-6-5-9-20-12-15/h14-16,18H,3-13H2,1-2H3. The Hall–Kier alpha value is -0.120. The van der Waals surface area contributed by atoms with Crippen LogP contribution in [0.2, 0.25) is 0 Å². The second-order valence-electron chi connectivity index (χ2n) is 7.69. The van der Waals surface area contributed by atoms with Gasteiger partial charge in [-0.1, -0.05) is 26.7 Å². The third kappa shape index (κ3) is 3.20. The molecule has 2 saturated heterocycles. The van der Waals surface area contributed by atoms with Crippen LogP contribution in [0, 0.1) is 11.8 Å². The number of hydrogen-bond acceptors (Lipinski definition) is 3. The number of nitrogens with zero attached hydrogens (tertiary/aromatic N) is 1. The van der Waals surface area contributed by atoms with E-state index < -0.39 is 0 Å². The van der Waals surface area contributed by atoms with E-state index in [0.29, 0.717) is 11.6 Å². The Morgan fingerprint density at radius 1 is 1.25 bits per heavy atom. The lowest BCUT2D eigenvalue weighted by Gasteiger charge is -2.49. The highest BCUT2D eigenvalue weighted by molar-refractivity contribution is 5.01. The summed E-state index contributed by atoms with van der Waals surface area (Å²) < 4.78 is 5.69. The Kier molecular flexibility index (Phi) is 4.68. The van der Waals surface area contributed by atoms with Gasteiger partial charge in [-0.3, -0.25) is 4.90 Å². The molecule has 1 aliphatic carbocycles. The normalized spacial score (nSPS) is 35.0. The highest BCUT2D eigenvalue weighted by atomic mass is 16.5. The molecular formula is C17H32N2O. The SMILES string of the molecule is CC(C)C1CNC2(CCCC2)CN1CC1CCCOC1. The van der Waals surface area contributed by atoms with E-state index >= 15 is 0 Å². The van der Waals surface area contributed by atoms with Gasteiger partial charge in [0.2, 0.25) is 0 Å². The minimum absolute atomic E-state index is 0.445. The molecule has 1 N–H and O–H groups in total. The molecule has 2 atom stereocenters. The van der Waals surface area contributed by atoms with Crippen molar-refractivity contribution in [1.29, 1.82) is 0 Å². The molecule has 0 aromatic rings. The summed E-state index contributed by atoms with van der Waals surface area (Å²) in [7, 11) is 0. The fraction of sp³-hybridized carbons (Fsp3) is 1.00. The van der Waals surface area contributed by atoms with Gasteiger partial charge in [0.15, 0.2) is 0 Å². The Morgan fingerprint density at radius 2 is 2.05 bits per heavy atom. The first-order chi connectivity index (χ1) is 9.69. The van der Waals surface area contributed by atoms with E-state index in [2.05, 4.69) is 24.1 Å². The molecule has 3 nitrogen and oxygen atoms in total. The molecule has 116 valence electrons. The van der Waals surface area contributed by atoms with Crippen molar-refractivity contribution in [2.45, 2.75) is 64.0 Å². The van der Waals surface area contributed by atoms with E-state index in [-0.39, 0.29) is 0 Å². The summed E-state index contributed by atoms with van der Waals surface area (Å²) in [4.78, 5) is 2.81. The van der Waals surface area contributed by atoms with Crippen molar-refractivity contribution in [2.24, 2.45) is 11.8 Å². The average Bonchev–Trinajstić information content (AvgIpc) is 2.88. The third-order valence-electron chi connectivity index (χ3n) is 5.74. The van der Waals surface area contributed by atoms with Crippen molar-refractivity contribution in [1.82, 2.24) is 10.2 Å². The van der Waals surface area contributed by atoms with Crippen molar-refractivity contribution in [3.05, 3.63) is 0 Å². The van der Waals surface area contributed by atoms with Gasteiger partial charge in [-0.05, 0) is 37.5 Å². The van der Waals surface area contributed by atoms with Crippen molar-refractivity contribution >= 4 is 0 Å². The molecule has 0 aromatic carbocycles. The second-order valence-corrected chi connectivity index (χ2v) is 7.69. The van der Waals surface area contributed by atoms with Crippen LogP contribution in [0.25, 0.3) is 0 Å². The van der Waals surface area contributed by atoms with Gasteiger partial charge in [-0.2, -0.15) is 0 Å². The molecule has 3 fully saturated rings. The molecular weight excluding hydrogens is 248 g/mol. The molecule has 3 heteroatoms. The first-order valence-corrected chi connectivity index (χ1v) is 8.75. The van der Waals surface area contributed by atoms with E-state index in [1.54, 1.807) is 0 Å². The van der Waals surface area contributed by atoms with Gasteiger partial charge in [-0.15, -0.1) is 0 Å². The molecule has 0 amide bonds. The Bertz CT molecular complexity index is 306. The fourth-order valence-corrected chi connectivity index (χ4v) is 4.54. The number of piperazine rings is 1. The van der Waals surface area contributed by atoms with Gasteiger partial charge >= 0.3 is 0 Å². The number of nitrogens with one attached hydrogen (secondary N) is 1. The highest BCUT2D eigenvalue weighted by Crippen LogP contribution is 2.35. The van der Waals surface area contributed by atoms with Crippen LogP contribution in [0.1, 0.15) is 52.4 Å². The molecule has 0 bridgehead atoms. The molecule has 2 aliphatic heterocycles. The lowest BCUT2D eigenvalue weighted by Crippen LogP contribution is -2.65. The molecule has 0 aromatic heterocycles. The molecule has 1 spiro atoms. The average molecular weight is 280 g/mol. The zero-order chi connectivity index (χ0) is 14.0. The maximum atomic E-state index is 5.69. The summed E-state index contributed by atoms with van der Waals surface area (Å²) in [5.74, 6) is 1.51. The predicted molar refractivity (Wildman–Crippen MR) is 82.9 cm³/mol. The zero-order valence-electron chi connectivity index (χ0n) is 13.4. The van der Waals surface area contributed by atoms with Gasteiger partial charge in [0, 0.05) is 37.8 Å². The summed E-state index contributed by atoms with van der Waals surface area (Å²) in [5.41, 5.74) is 0.445. The smallest absolute Gasteiger partial charge is 0.0506 e. The highest BCUT2D eigenvalue weighted by Gasteiger charge is 2.42. The van der Waals surface area contributed by atoms with Gasteiger partial charge in [0.05, 0.1) is 6.61 Å². The number of hydrogen-bond donors (Lipinski definition) is 1. The molecule has 2 heterocycles. The van der Waals surface area contributed by atoms with Crippen molar-refractivity contribution in [3.63, 3.8) is 0 Å². The summed E-state index contributed by atoms with van der Waals surface area (Å²) in [6.45, 7) is 10.4. The van der Waals surface area contributed by atoms with Crippen LogP contribution in [-0.4, -0.2) is 49.3 Å². The van der Waals surface area contributed by atoms with E-state index in [1.807, 2.05) is 0 Å². The van der Waals surface area contributed by atoms with Crippen molar-refractivity contribution in [3.8, 4) is 0 Å². The molecule has 2 unspecified atom stereocenters. The molecule has 20 heavy (non-hydrogen) atoms. The van der Waals surface area contributed by atoms with Gasteiger partial charge in [-0.25, -0.2) is 0 Å². The maximum Gasteiger partial charge on any atom is 0.0506 e.